The first-order valence-corrected chi connectivity index (χ1v) is 8.50. The highest BCUT2D eigenvalue weighted by molar-refractivity contribution is 7.89. The summed E-state index contributed by atoms with van der Waals surface area (Å²) < 4.78 is 27.7. The van der Waals surface area contributed by atoms with Crippen molar-refractivity contribution < 1.29 is 17.9 Å². The Labute approximate surface area is 128 Å². The Hall–Kier alpha value is -1.31. The number of nitrogens with two attached hydrogens (primary N) is 1. The summed E-state index contributed by atoms with van der Waals surface area (Å²) in [6, 6.07) is 4.21. The maximum atomic E-state index is 12.0. The summed E-state index contributed by atoms with van der Waals surface area (Å²) in [6.07, 6.45) is 2.06. The van der Waals surface area contributed by atoms with E-state index in [0.29, 0.717) is 12.6 Å². The van der Waals surface area contributed by atoms with Crippen molar-refractivity contribution in [3.63, 3.8) is 0 Å². The molecule has 0 radical (unpaired) electrons. The lowest BCUT2D eigenvalue weighted by atomic mass is 10.3. The minimum Gasteiger partial charge on any atom is -0.482 e. The fourth-order valence-corrected chi connectivity index (χ4v) is 2.86. The van der Waals surface area contributed by atoms with E-state index in [9.17, 15) is 13.2 Å². The fraction of sp³-hybridized carbons (Fsp3) is 0.462. The van der Waals surface area contributed by atoms with Crippen LogP contribution >= 0.6 is 11.6 Å². The minimum absolute atomic E-state index is 0.0978. The van der Waals surface area contributed by atoms with Crippen LogP contribution in [-0.4, -0.2) is 38.4 Å². The molecule has 0 atom stereocenters. The van der Waals surface area contributed by atoms with Crippen molar-refractivity contribution in [2.45, 2.75) is 30.7 Å². The number of amides is 1. The maximum Gasteiger partial charge on any atom is 0.260 e. The van der Waals surface area contributed by atoms with Crippen LogP contribution in [0.5, 0.6) is 5.75 Å². The molecule has 1 saturated carbocycles. The average molecular weight is 333 g/mol. The number of carbonyl (C=O) groups excluding carboxylic acids is 1. The summed E-state index contributed by atoms with van der Waals surface area (Å²) in [5.74, 6) is 0.149. The zero-order valence-electron chi connectivity index (χ0n) is 11.6. The fourth-order valence-electron chi connectivity index (χ4n) is 2.02. The van der Waals surface area contributed by atoms with Crippen LogP contribution in [-0.2, 0) is 14.8 Å². The van der Waals surface area contributed by atoms with Gasteiger partial charge in [0.15, 0.2) is 6.61 Å². The van der Waals surface area contributed by atoms with Gasteiger partial charge < -0.3 is 9.64 Å². The predicted molar refractivity (Wildman–Crippen MR) is 78.7 cm³/mol. The normalized spacial score (nSPS) is 14.8. The molecule has 0 bridgehead atoms. The van der Waals surface area contributed by atoms with E-state index in [1.807, 2.05) is 6.92 Å². The Kier molecular flexibility index (Phi) is 4.75. The molecule has 8 heteroatoms. The Morgan fingerprint density at radius 3 is 2.62 bits per heavy atom. The number of rotatable bonds is 6. The molecule has 21 heavy (non-hydrogen) atoms. The molecule has 116 valence electrons. The van der Waals surface area contributed by atoms with Crippen molar-refractivity contribution in [2.24, 2.45) is 5.14 Å². The molecule has 1 aromatic carbocycles. The van der Waals surface area contributed by atoms with Crippen LogP contribution in [0.3, 0.4) is 0 Å². The van der Waals surface area contributed by atoms with Gasteiger partial charge in [-0.15, -0.1) is 0 Å². The number of sulfonamides is 1. The first kappa shape index (κ1) is 16.1. The van der Waals surface area contributed by atoms with Gasteiger partial charge in [0.25, 0.3) is 5.91 Å². The lowest BCUT2D eigenvalue weighted by molar-refractivity contribution is -0.133. The smallest absolute Gasteiger partial charge is 0.260 e. The summed E-state index contributed by atoms with van der Waals surface area (Å²) in [4.78, 5) is 13.7. The van der Waals surface area contributed by atoms with Crippen LogP contribution in [0, 0.1) is 0 Å². The molecule has 2 rings (SSSR count). The van der Waals surface area contributed by atoms with Crippen LogP contribution in [0.2, 0.25) is 5.02 Å². The van der Waals surface area contributed by atoms with E-state index < -0.39 is 10.0 Å². The molecule has 1 amide bonds. The van der Waals surface area contributed by atoms with Gasteiger partial charge in [0.05, 0.1) is 9.92 Å². The number of ether oxygens (including phenoxy) is 1. The van der Waals surface area contributed by atoms with Crippen LogP contribution < -0.4 is 9.88 Å². The molecule has 0 spiro atoms. The second-order valence-corrected chi connectivity index (χ2v) is 6.81. The third-order valence-corrected chi connectivity index (χ3v) is 4.44. The Morgan fingerprint density at radius 1 is 1.48 bits per heavy atom. The topological polar surface area (TPSA) is 89.7 Å². The van der Waals surface area contributed by atoms with Crippen LogP contribution in [0.4, 0.5) is 0 Å². The van der Waals surface area contributed by atoms with E-state index in [1.54, 1.807) is 4.90 Å². The predicted octanol–water partition coefficient (Wildman–Crippen LogP) is 1.38. The van der Waals surface area contributed by atoms with Gasteiger partial charge in [0, 0.05) is 12.6 Å². The molecule has 0 aliphatic heterocycles. The number of primary sulfonamides is 1. The molecule has 1 aliphatic rings. The summed E-state index contributed by atoms with van der Waals surface area (Å²) in [5.41, 5.74) is 0. The highest BCUT2D eigenvalue weighted by atomic mass is 35.5. The standard InChI is InChI=1S/C13H17ClN2O4S/c1-2-16(9-3-4-9)13(17)8-20-12-6-5-10(7-11(12)14)21(15,18)19/h5-7,9H,2-4,8H2,1H3,(H2,15,18,19). The third-order valence-electron chi connectivity index (χ3n) is 3.23. The number of halogens is 1. The Bertz CT molecular complexity index is 644. The van der Waals surface area contributed by atoms with Gasteiger partial charge in [-0.25, -0.2) is 13.6 Å². The Morgan fingerprint density at radius 2 is 2.14 bits per heavy atom. The second-order valence-electron chi connectivity index (χ2n) is 4.84. The number of carbonyl (C=O) groups is 1. The largest absolute Gasteiger partial charge is 0.482 e. The van der Waals surface area contributed by atoms with Crippen LogP contribution in [0.1, 0.15) is 19.8 Å². The molecule has 0 saturated heterocycles. The molecule has 1 aliphatic carbocycles. The first-order valence-electron chi connectivity index (χ1n) is 6.57. The molecule has 0 heterocycles. The summed E-state index contributed by atoms with van der Waals surface area (Å²) >= 11 is 5.94. The molecule has 6 nitrogen and oxygen atoms in total. The molecular weight excluding hydrogens is 316 g/mol. The lowest BCUT2D eigenvalue weighted by Crippen LogP contribution is -2.36. The van der Waals surface area contributed by atoms with Gasteiger partial charge in [-0.3, -0.25) is 4.79 Å². The number of benzene rings is 1. The summed E-state index contributed by atoms with van der Waals surface area (Å²) in [5, 5.41) is 5.11. The number of hydrogen-bond donors (Lipinski definition) is 1. The van der Waals surface area contributed by atoms with E-state index in [-0.39, 0.29) is 28.2 Å². The molecule has 0 unspecified atom stereocenters. The lowest BCUT2D eigenvalue weighted by Gasteiger charge is -2.20. The summed E-state index contributed by atoms with van der Waals surface area (Å²) in [7, 11) is -3.81. The molecule has 1 aromatic rings. The van der Waals surface area contributed by atoms with E-state index in [0.717, 1.165) is 12.8 Å². The van der Waals surface area contributed by atoms with E-state index >= 15 is 0 Å². The SMILES string of the molecule is CCN(C(=O)COc1ccc(S(N)(=O)=O)cc1Cl)C1CC1. The zero-order chi connectivity index (χ0) is 15.6. The van der Waals surface area contributed by atoms with Gasteiger partial charge in [-0.1, -0.05) is 11.6 Å². The van der Waals surface area contributed by atoms with Crippen molar-refractivity contribution in [3.05, 3.63) is 23.2 Å². The monoisotopic (exact) mass is 332 g/mol. The minimum atomic E-state index is -3.81. The number of nitrogens with zero attached hydrogens (tertiary/aromatic N) is 1. The van der Waals surface area contributed by atoms with E-state index in [1.165, 1.54) is 18.2 Å². The van der Waals surface area contributed by atoms with Gasteiger partial charge in [0.1, 0.15) is 5.75 Å². The second kappa shape index (κ2) is 6.21. The highest BCUT2D eigenvalue weighted by Crippen LogP contribution is 2.28. The van der Waals surface area contributed by atoms with Crippen molar-refractivity contribution in [2.75, 3.05) is 13.2 Å². The van der Waals surface area contributed by atoms with Crippen LogP contribution in [0.25, 0.3) is 0 Å². The van der Waals surface area contributed by atoms with Crippen molar-refractivity contribution in [3.8, 4) is 5.75 Å². The Balaban J connectivity index is 2.01. The van der Waals surface area contributed by atoms with E-state index in [2.05, 4.69) is 0 Å². The number of hydrogen-bond acceptors (Lipinski definition) is 4. The average Bonchev–Trinajstić information content (AvgIpc) is 3.21. The van der Waals surface area contributed by atoms with Crippen LogP contribution in [0.15, 0.2) is 23.1 Å². The van der Waals surface area contributed by atoms with Crippen molar-refractivity contribution in [1.82, 2.24) is 4.90 Å². The highest BCUT2D eigenvalue weighted by Gasteiger charge is 2.31. The van der Waals surface area contributed by atoms with Crippen molar-refractivity contribution >= 4 is 27.5 Å². The molecular formula is C13H17ClN2O4S. The molecule has 0 aromatic heterocycles. The quantitative estimate of drug-likeness (QED) is 0.852. The van der Waals surface area contributed by atoms with Gasteiger partial charge in [-0.05, 0) is 38.0 Å². The maximum absolute atomic E-state index is 12.0. The number of likely N-dealkylation sites (N-methyl/N-ethyl adjacent to an activating group) is 1. The van der Waals surface area contributed by atoms with E-state index in [4.69, 9.17) is 21.5 Å². The zero-order valence-corrected chi connectivity index (χ0v) is 13.2. The molecule has 2 N–H and O–H groups in total. The third kappa shape index (κ3) is 4.09. The first-order chi connectivity index (χ1) is 9.82. The van der Waals surface area contributed by atoms with Gasteiger partial charge in [0.2, 0.25) is 10.0 Å². The van der Waals surface area contributed by atoms with Gasteiger partial charge in [-0.2, -0.15) is 0 Å². The molecule has 1 fully saturated rings. The van der Waals surface area contributed by atoms with Crippen molar-refractivity contribution in [1.29, 1.82) is 0 Å². The van der Waals surface area contributed by atoms with Gasteiger partial charge >= 0.3 is 0 Å². The summed E-state index contributed by atoms with van der Waals surface area (Å²) in [6.45, 7) is 2.44.